The predicted octanol–water partition coefficient (Wildman–Crippen LogP) is 22.3. The molecule has 1 unspecified atom stereocenters. The second-order valence-corrected chi connectivity index (χ2v) is 21.6. The molecule has 0 radical (unpaired) electrons. The van der Waals surface area contributed by atoms with Crippen LogP contribution in [0.3, 0.4) is 0 Å². The van der Waals surface area contributed by atoms with Crippen molar-refractivity contribution in [1.82, 2.24) is 0 Å². The summed E-state index contributed by atoms with van der Waals surface area (Å²) >= 11 is 0. The lowest BCUT2D eigenvalue weighted by molar-refractivity contribution is -0.167. The second-order valence-electron chi connectivity index (χ2n) is 21.6. The molecule has 0 bridgehead atoms. The van der Waals surface area contributed by atoms with Gasteiger partial charge in [0.1, 0.15) is 13.2 Å². The van der Waals surface area contributed by atoms with Gasteiger partial charge in [-0.25, -0.2) is 0 Å². The van der Waals surface area contributed by atoms with Crippen LogP contribution in [0.1, 0.15) is 323 Å². The molecule has 0 heterocycles. The van der Waals surface area contributed by atoms with Crippen molar-refractivity contribution in [3.8, 4) is 0 Å². The minimum absolute atomic E-state index is 0.0807. The first kappa shape index (κ1) is 72.6. The molecule has 0 aromatic rings. The molecule has 0 amide bonds. The number of hydrogen-bond acceptors (Lipinski definition) is 6. The van der Waals surface area contributed by atoms with E-state index in [4.69, 9.17) is 14.2 Å². The summed E-state index contributed by atoms with van der Waals surface area (Å²) in [5, 5.41) is 0. The minimum Gasteiger partial charge on any atom is -0.462 e. The average molecular weight is 1060 g/mol. The summed E-state index contributed by atoms with van der Waals surface area (Å²) in [4.78, 5) is 38.3. The molecule has 0 N–H and O–H groups in total. The Kier molecular flexibility index (Phi) is 61.2. The molecule has 76 heavy (non-hydrogen) atoms. The van der Waals surface area contributed by atoms with Crippen LogP contribution >= 0.6 is 0 Å². The van der Waals surface area contributed by atoms with Crippen LogP contribution in [0.25, 0.3) is 0 Å². The number of ether oxygens (including phenoxy) is 3. The Balaban J connectivity index is 4.25. The monoisotopic (exact) mass is 1060 g/mol. The highest BCUT2D eigenvalue weighted by atomic mass is 16.6. The van der Waals surface area contributed by atoms with Gasteiger partial charge in [0, 0.05) is 19.3 Å². The molecule has 0 rings (SSSR count). The SMILES string of the molecule is CC/C=C\C/C=C\C/C=C\C/C=C\C/C=C\CCCCCCCCCCCCCCCC(=O)OCC(COC(=O)CCCCCCC/C=C\CCCCCCC)OC(=O)CCCCCCC/C=C\CCCCCCCC. The van der Waals surface area contributed by atoms with Crippen LogP contribution in [0.4, 0.5) is 0 Å². The molecule has 0 aliphatic rings. The lowest BCUT2D eigenvalue weighted by Gasteiger charge is -2.18. The molecule has 0 aliphatic heterocycles. The quantitative estimate of drug-likeness (QED) is 0.0261. The molecule has 6 nitrogen and oxygen atoms in total. The predicted molar refractivity (Wildman–Crippen MR) is 330 cm³/mol. The molecule has 438 valence electrons. The zero-order chi connectivity index (χ0) is 55.0. The van der Waals surface area contributed by atoms with Gasteiger partial charge in [-0.2, -0.15) is 0 Å². The number of esters is 3. The molecule has 0 aromatic carbocycles. The summed E-state index contributed by atoms with van der Waals surface area (Å²) in [7, 11) is 0. The van der Waals surface area contributed by atoms with Crippen LogP contribution in [0, 0.1) is 0 Å². The van der Waals surface area contributed by atoms with Gasteiger partial charge in [0.05, 0.1) is 0 Å². The van der Waals surface area contributed by atoms with Crippen LogP contribution in [0.15, 0.2) is 85.1 Å². The average Bonchev–Trinajstić information content (AvgIpc) is 3.42. The Morgan fingerprint density at radius 2 is 0.513 bits per heavy atom. The lowest BCUT2D eigenvalue weighted by atomic mass is 10.0. The van der Waals surface area contributed by atoms with Crippen LogP contribution in [0.2, 0.25) is 0 Å². The van der Waals surface area contributed by atoms with Gasteiger partial charge in [0.25, 0.3) is 0 Å². The van der Waals surface area contributed by atoms with E-state index in [-0.39, 0.29) is 31.1 Å². The second kappa shape index (κ2) is 64.1. The van der Waals surface area contributed by atoms with E-state index in [2.05, 4.69) is 106 Å². The molecule has 0 aliphatic carbocycles. The minimum atomic E-state index is -0.784. The molecule has 0 saturated carbocycles. The molecule has 6 heteroatoms. The van der Waals surface area contributed by atoms with E-state index in [0.29, 0.717) is 19.3 Å². The van der Waals surface area contributed by atoms with Crippen LogP contribution in [0.5, 0.6) is 0 Å². The van der Waals surface area contributed by atoms with Gasteiger partial charge in [-0.1, -0.05) is 273 Å². The molecule has 0 fully saturated rings. The third-order valence-electron chi connectivity index (χ3n) is 14.1. The van der Waals surface area contributed by atoms with E-state index in [1.807, 2.05) is 0 Å². The van der Waals surface area contributed by atoms with E-state index >= 15 is 0 Å². The fraction of sp³-hybridized carbons (Fsp3) is 0.757. The summed E-state index contributed by atoms with van der Waals surface area (Å²) in [5.74, 6) is -0.886. The fourth-order valence-electron chi connectivity index (χ4n) is 9.23. The first-order valence-corrected chi connectivity index (χ1v) is 32.6. The largest absolute Gasteiger partial charge is 0.462 e. The van der Waals surface area contributed by atoms with Crippen molar-refractivity contribution >= 4 is 17.9 Å². The number of unbranched alkanes of at least 4 members (excludes halogenated alkanes) is 34. The zero-order valence-corrected chi connectivity index (χ0v) is 50.3. The van der Waals surface area contributed by atoms with Gasteiger partial charge in [-0.15, -0.1) is 0 Å². The van der Waals surface area contributed by atoms with E-state index in [9.17, 15) is 14.4 Å². The van der Waals surface area contributed by atoms with E-state index in [1.54, 1.807) is 0 Å². The highest BCUT2D eigenvalue weighted by molar-refractivity contribution is 5.71. The molecule has 0 spiro atoms. The standard InChI is InChI=1S/C70H122O6/c1-4-7-10-13-16-19-22-25-28-29-30-31-32-33-34-35-36-37-38-39-40-41-43-45-48-51-54-57-60-63-69(72)75-66-67(65-74-68(71)62-59-56-53-50-47-44-27-24-21-18-15-12-9-6-3)76-70(73)64-61-58-55-52-49-46-42-26-23-20-17-14-11-8-5-2/h7,10,16,19,24-28,30-31,33-34,42,67H,4-6,8-9,11-15,17-18,20-23,29,32,35-41,43-66H2,1-3H3/b10-7-,19-16-,27-24-,28-25-,31-30-,34-33-,42-26-. The zero-order valence-electron chi connectivity index (χ0n) is 50.3. The van der Waals surface area contributed by atoms with Gasteiger partial charge >= 0.3 is 17.9 Å². The number of carbonyl (C=O) groups excluding carboxylic acids is 3. The Hall–Kier alpha value is -3.41. The maximum Gasteiger partial charge on any atom is 0.306 e. The Labute approximate surface area is 471 Å². The topological polar surface area (TPSA) is 78.9 Å². The lowest BCUT2D eigenvalue weighted by Crippen LogP contribution is -2.30. The summed E-state index contributed by atoms with van der Waals surface area (Å²) in [6, 6.07) is 0. The van der Waals surface area contributed by atoms with Gasteiger partial charge < -0.3 is 14.2 Å². The molecular formula is C70H122O6. The van der Waals surface area contributed by atoms with Crippen LogP contribution in [-0.2, 0) is 28.6 Å². The number of carbonyl (C=O) groups is 3. The fourth-order valence-corrected chi connectivity index (χ4v) is 9.23. The summed E-state index contributed by atoms with van der Waals surface area (Å²) in [6.07, 6.45) is 84.5. The highest BCUT2D eigenvalue weighted by Gasteiger charge is 2.19. The Bertz CT molecular complexity index is 1450. The number of hydrogen-bond donors (Lipinski definition) is 0. The van der Waals surface area contributed by atoms with Gasteiger partial charge in [-0.3, -0.25) is 14.4 Å². The Morgan fingerprint density at radius 1 is 0.276 bits per heavy atom. The van der Waals surface area contributed by atoms with Gasteiger partial charge in [0.15, 0.2) is 6.10 Å². The van der Waals surface area contributed by atoms with Crippen molar-refractivity contribution < 1.29 is 28.6 Å². The first-order chi connectivity index (χ1) is 37.5. The van der Waals surface area contributed by atoms with Crippen molar-refractivity contribution in [2.45, 2.75) is 329 Å². The normalized spacial score (nSPS) is 12.6. The first-order valence-electron chi connectivity index (χ1n) is 32.6. The maximum absolute atomic E-state index is 12.9. The van der Waals surface area contributed by atoms with Crippen LogP contribution in [-0.4, -0.2) is 37.2 Å². The molecule has 1 atom stereocenters. The van der Waals surface area contributed by atoms with Crippen molar-refractivity contribution in [1.29, 1.82) is 0 Å². The van der Waals surface area contributed by atoms with E-state index in [1.165, 1.54) is 173 Å². The van der Waals surface area contributed by atoms with E-state index < -0.39 is 6.10 Å². The Morgan fingerprint density at radius 3 is 0.816 bits per heavy atom. The van der Waals surface area contributed by atoms with Crippen molar-refractivity contribution in [3.05, 3.63) is 85.1 Å². The summed E-state index contributed by atoms with van der Waals surface area (Å²) in [5.41, 5.74) is 0. The third kappa shape index (κ3) is 61.4. The summed E-state index contributed by atoms with van der Waals surface area (Å²) in [6.45, 7) is 6.53. The van der Waals surface area contributed by atoms with E-state index in [0.717, 1.165) is 109 Å². The summed E-state index contributed by atoms with van der Waals surface area (Å²) < 4.78 is 16.9. The van der Waals surface area contributed by atoms with Gasteiger partial charge in [-0.05, 0) is 116 Å². The van der Waals surface area contributed by atoms with Crippen LogP contribution < -0.4 is 0 Å². The number of allylic oxidation sites excluding steroid dienone is 14. The smallest absolute Gasteiger partial charge is 0.306 e. The third-order valence-corrected chi connectivity index (χ3v) is 14.1. The van der Waals surface area contributed by atoms with Crippen molar-refractivity contribution in [2.24, 2.45) is 0 Å². The number of rotatable bonds is 59. The molecule has 0 aromatic heterocycles. The highest BCUT2D eigenvalue weighted by Crippen LogP contribution is 2.16. The van der Waals surface area contributed by atoms with Gasteiger partial charge in [0.2, 0.25) is 0 Å². The van der Waals surface area contributed by atoms with Crippen molar-refractivity contribution in [3.63, 3.8) is 0 Å². The maximum atomic E-state index is 12.9. The molecule has 0 saturated heterocycles. The van der Waals surface area contributed by atoms with Crippen molar-refractivity contribution in [2.75, 3.05) is 13.2 Å². The molecular weight excluding hydrogens is 937 g/mol.